The largest absolute Gasteiger partial charge is 0.393 e. The van der Waals surface area contributed by atoms with Gasteiger partial charge in [-0.3, -0.25) is 0 Å². The average Bonchev–Trinajstić information content (AvgIpc) is 2.58. The number of benzene rings is 2. The number of halogens is 1. The van der Waals surface area contributed by atoms with Crippen LogP contribution in [0.2, 0.25) is 0 Å². The quantitative estimate of drug-likeness (QED) is 0.672. The number of hydrogen-bond donors (Lipinski definition) is 3. The highest BCUT2D eigenvalue weighted by atomic mass is 19.1. The lowest BCUT2D eigenvalue weighted by Gasteiger charge is -2.12. The second kappa shape index (κ2) is 6.74. The third-order valence-electron chi connectivity index (χ3n) is 3.29. The Kier molecular flexibility index (Phi) is 4.33. The smallest absolute Gasteiger partial charge is 0.159 e. The molecule has 6 heteroatoms. The highest BCUT2D eigenvalue weighted by Gasteiger charge is 2.08. The lowest BCUT2D eigenvalue weighted by Crippen LogP contribution is -2.08. The molecule has 5 nitrogen and oxygen atoms in total. The molecule has 23 heavy (non-hydrogen) atoms. The molecule has 0 spiro atoms. The summed E-state index contributed by atoms with van der Waals surface area (Å²) < 4.78 is 12.9. The Morgan fingerprint density at radius 1 is 0.913 bits per heavy atom. The number of nitrogen functional groups attached to an aromatic ring is 1. The van der Waals surface area contributed by atoms with Crippen molar-refractivity contribution in [2.75, 3.05) is 16.4 Å². The van der Waals surface area contributed by atoms with E-state index in [-0.39, 0.29) is 5.82 Å². The van der Waals surface area contributed by atoms with Gasteiger partial charge in [0.1, 0.15) is 17.8 Å². The van der Waals surface area contributed by atoms with Gasteiger partial charge in [-0.1, -0.05) is 30.3 Å². The van der Waals surface area contributed by atoms with Gasteiger partial charge in [0.15, 0.2) is 11.6 Å². The normalized spacial score (nSPS) is 10.3. The van der Waals surface area contributed by atoms with E-state index >= 15 is 0 Å². The van der Waals surface area contributed by atoms with Crippen LogP contribution in [0.25, 0.3) is 0 Å². The van der Waals surface area contributed by atoms with E-state index in [2.05, 4.69) is 20.6 Å². The molecular formula is C17H16FN5. The van der Waals surface area contributed by atoms with Crippen LogP contribution in [-0.4, -0.2) is 9.97 Å². The molecule has 0 fully saturated rings. The summed E-state index contributed by atoms with van der Waals surface area (Å²) in [5, 5.41) is 6.24. The number of hydrogen-bond acceptors (Lipinski definition) is 5. The molecule has 0 unspecified atom stereocenters. The van der Waals surface area contributed by atoms with Crippen molar-refractivity contribution in [1.82, 2.24) is 9.97 Å². The summed E-state index contributed by atoms with van der Waals surface area (Å²) in [5.74, 6) is 0.729. The SMILES string of the molecule is Nc1c(NCc2ccccc2)ncnc1Nc1ccc(F)cc1. The predicted molar refractivity (Wildman–Crippen MR) is 89.9 cm³/mol. The van der Waals surface area contributed by atoms with Crippen molar-refractivity contribution in [3.05, 3.63) is 72.3 Å². The van der Waals surface area contributed by atoms with E-state index in [9.17, 15) is 4.39 Å². The van der Waals surface area contributed by atoms with Crippen LogP contribution in [0.4, 0.5) is 27.4 Å². The van der Waals surface area contributed by atoms with Gasteiger partial charge in [-0.15, -0.1) is 0 Å². The third kappa shape index (κ3) is 3.74. The number of nitrogens with one attached hydrogen (secondary N) is 2. The van der Waals surface area contributed by atoms with Crippen LogP contribution in [0.3, 0.4) is 0 Å². The third-order valence-corrected chi connectivity index (χ3v) is 3.29. The van der Waals surface area contributed by atoms with Gasteiger partial charge in [0.2, 0.25) is 0 Å². The minimum Gasteiger partial charge on any atom is -0.393 e. The van der Waals surface area contributed by atoms with Crippen LogP contribution in [-0.2, 0) is 6.54 Å². The van der Waals surface area contributed by atoms with Gasteiger partial charge in [0, 0.05) is 12.2 Å². The second-order valence-electron chi connectivity index (χ2n) is 4.96. The molecule has 0 aliphatic carbocycles. The van der Waals surface area contributed by atoms with Crippen LogP contribution in [0.1, 0.15) is 5.56 Å². The van der Waals surface area contributed by atoms with Gasteiger partial charge in [-0.05, 0) is 29.8 Å². The summed E-state index contributed by atoms with van der Waals surface area (Å²) in [4.78, 5) is 8.29. The first-order chi connectivity index (χ1) is 11.2. The van der Waals surface area contributed by atoms with Crippen LogP contribution in [0.5, 0.6) is 0 Å². The number of aromatic nitrogens is 2. The molecule has 3 rings (SSSR count). The number of anilines is 4. The first-order valence-corrected chi connectivity index (χ1v) is 7.13. The Morgan fingerprint density at radius 3 is 2.35 bits per heavy atom. The van der Waals surface area contributed by atoms with Crippen molar-refractivity contribution in [3.63, 3.8) is 0 Å². The summed E-state index contributed by atoms with van der Waals surface area (Å²) >= 11 is 0. The van der Waals surface area contributed by atoms with Gasteiger partial charge in [-0.2, -0.15) is 0 Å². The van der Waals surface area contributed by atoms with Crippen molar-refractivity contribution >= 4 is 23.0 Å². The first-order valence-electron chi connectivity index (χ1n) is 7.13. The molecule has 0 aliphatic heterocycles. The molecule has 4 N–H and O–H groups in total. The Balaban J connectivity index is 1.74. The van der Waals surface area contributed by atoms with E-state index in [1.54, 1.807) is 12.1 Å². The molecule has 2 aromatic carbocycles. The van der Waals surface area contributed by atoms with Crippen molar-refractivity contribution < 1.29 is 4.39 Å². The molecule has 0 saturated carbocycles. The highest BCUT2D eigenvalue weighted by Crippen LogP contribution is 2.26. The fraction of sp³-hybridized carbons (Fsp3) is 0.0588. The molecule has 0 saturated heterocycles. The van der Waals surface area contributed by atoms with Crippen molar-refractivity contribution in [2.45, 2.75) is 6.54 Å². The molecular weight excluding hydrogens is 293 g/mol. The van der Waals surface area contributed by atoms with E-state index in [0.29, 0.717) is 29.6 Å². The Morgan fingerprint density at radius 2 is 1.61 bits per heavy atom. The molecule has 0 bridgehead atoms. The maximum Gasteiger partial charge on any atom is 0.159 e. The molecule has 0 aliphatic rings. The van der Waals surface area contributed by atoms with Gasteiger partial charge in [0.05, 0.1) is 0 Å². The first kappa shape index (κ1) is 14.8. The maximum atomic E-state index is 12.9. The number of nitrogens with zero attached hydrogens (tertiary/aromatic N) is 2. The van der Waals surface area contributed by atoms with Gasteiger partial charge in [-0.25, -0.2) is 14.4 Å². The fourth-order valence-electron chi connectivity index (χ4n) is 2.09. The average molecular weight is 309 g/mol. The van der Waals surface area contributed by atoms with E-state index in [1.807, 2.05) is 30.3 Å². The Bertz CT molecular complexity index is 775. The summed E-state index contributed by atoms with van der Waals surface area (Å²) in [6, 6.07) is 15.9. The monoisotopic (exact) mass is 309 g/mol. The summed E-state index contributed by atoms with van der Waals surface area (Å²) in [6.07, 6.45) is 1.43. The van der Waals surface area contributed by atoms with E-state index in [0.717, 1.165) is 5.56 Å². The highest BCUT2D eigenvalue weighted by molar-refractivity contribution is 5.77. The zero-order valence-electron chi connectivity index (χ0n) is 12.3. The standard InChI is InChI=1S/C17H16FN5/c18-13-6-8-14(9-7-13)23-17-15(19)16(21-11-22-17)20-10-12-4-2-1-3-5-12/h1-9,11H,10,19H2,(H2,20,21,22,23). The molecule has 0 amide bonds. The van der Waals surface area contributed by atoms with Crippen molar-refractivity contribution in [1.29, 1.82) is 0 Å². The number of rotatable bonds is 5. The molecule has 0 atom stereocenters. The molecule has 1 heterocycles. The predicted octanol–water partition coefficient (Wildman–Crippen LogP) is 3.55. The maximum absolute atomic E-state index is 12.9. The molecule has 0 radical (unpaired) electrons. The molecule has 116 valence electrons. The second-order valence-corrected chi connectivity index (χ2v) is 4.96. The Labute approximate surface area is 133 Å². The summed E-state index contributed by atoms with van der Waals surface area (Å²) in [6.45, 7) is 0.609. The lowest BCUT2D eigenvalue weighted by atomic mass is 10.2. The van der Waals surface area contributed by atoms with Gasteiger partial charge >= 0.3 is 0 Å². The number of nitrogens with two attached hydrogens (primary N) is 1. The minimum absolute atomic E-state index is 0.295. The van der Waals surface area contributed by atoms with Gasteiger partial charge in [0.25, 0.3) is 0 Å². The van der Waals surface area contributed by atoms with Crippen molar-refractivity contribution in [3.8, 4) is 0 Å². The summed E-state index contributed by atoms with van der Waals surface area (Å²) in [5.41, 5.74) is 8.33. The van der Waals surface area contributed by atoms with E-state index in [1.165, 1.54) is 18.5 Å². The van der Waals surface area contributed by atoms with Crippen LogP contribution >= 0.6 is 0 Å². The summed E-state index contributed by atoms with van der Waals surface area (Å²) in [7, 11) is 0. The van der Waals surface area contributed by atoms with E-state index < -0.39 is 0 Å². The van der Waals surface area contributed by atoms with Crippen LogP contribution < -0.4 is 16.4 Å². The lowest BCUT2D eigenvalue weighted by molar-refractivity contribution is 0.628. The van der Waals surface area contributed by atoms with Gasteiger partial charge < -0.3 is 16.4 Å². The van der Waals surface area contributed by atoms with E-state index in [4.69, 9.17) is 5.73 Å². The Hall–Kier alpha value is -3.15. The van der Waals surface area contributed by atoms with Crippen LogP contribution in [0.15, 0.2) is 60.9 Å². The molecule has 3 aromatic rings. The molecule has 1 aromatic heterocycles. The fourth-order valence-corrected chi connectivity index (χ4v) is 2.09. The zero-order valence-corrected chi connectivity index (χ0v) is 12.3. The minimum atomic E-state index is -0.295. The van der Waals surface area contributed by atoms with Crippen molar-refractivity contribution in [2.24, 2.45) is 0 Å². The topological polar surface area (TPSA) is 75.9 Å². The van der Waals surface area contributed by atoms with Crippen LogP contribution in [0, 0.1) is 5.82 Å². The zero-order chi connectivity index (χ0) is 16.1.